The zero-order valence-electron chi connectivity index (χ0n) is 14.9. The van der Waals surface area contributed by atoms with Crippen LogP contribution in [0, 0.1) is 13.8 Å². The molecular weight excluding hydrogens is 396 g/mol. The average Bonchev–Trinajstić information content (AvgIpc) is 3.26. The predicted molar refractivity (Wildman–Crippen MR) is 115 cm³/mol. The number of benzene rings is 2. The van der Waals surface area contributed by atoms with Crippen LogP contribution in [0.25, 0.3) is 10.2 Å². The number of carbonyl (C=O) groups excluding carboxylic acids is 1. The van der Waals surface area contributed by atoms with Gasteiger partial charge < -0.3 is 0 Å². The van der Waals surface area contributed by atoms with Gasteiger partial charge in [-0.1, -0.05) is 53.3 Å². The van der Waals surface area contributed by atoms with Crippen molar-refractivity contribution in [1.29, 1.82) is 0 Å². The summed E-state index contributed by atoms with van der Waals surface area (Å²) in [4.78, 5) is 20.3. The maximum atomic E-state index is 13.2. The van der Waals surface area contributed by atoms with Gasteiger partial charge in [-0.05, 0) is 54.8 Å². The van der Waals surface area contributed by atoms with Gasteiger partial charge in [-0.15, -0.1) is 11.3 Å². The molecule has 0 atom stereocenters. The summed E-state index contributed by atoms with van der Waals surface area (Å²) in [6.07, 6.45) is 0. The number of thiophene rings is 1. The quantitative estimate of drug-likeness (QED) is 0.384. The number of aromatic nitrogens is 1. The van der Waals surface area contributed by atoms with Crippen molar-refractivity contribution >= 4 is 55.5 Å². The number of fused-ring (bicyclic) bond motifs is 1. The molecule has 136 valence electrons. The van der Waals surface area contributed by atoms with Crippen LogP contribution in [0.2, 0.25) is 4.34 Å². The third kappa shape index (κ3) is 3.76. The van der Waals surface area contributed by atoms with Crippen molar-refractivity contribution in [2.75, 3.05) is 4.90 Å². The number of carbonyl (C=O) groups is 1. The molecule has 2 aromatic carbocycles. The summed E-state index contributed by atoms with van der Waals surface area (Å²) in [7, 11) is 0. The van der Waals surface area contributed by atoms with Crippen LogP contribution in [0.5, 0.6) is 0 Å². The van der Waals surface area contributed by atoms with Gasteiger partial charge in [-0.25, -0.2) is 4.98 Å². The van der Waals surface area contributed by atoms with Gasteiger partial charge in [0.15, 0.2) is 5.13 Å². The lowest BCUT2D eigenvalue weighted by molar-refractivity contribution is 0.0989. The fraction of sp³-hybridized carbons (Fsp3) is 0.143. The van der Waals surface area contributed by atoms with E-state index in [1.165, 1.54) is 22.5 Å². The molecule has 6 heteroatoms. The lowest BCUT2D eigenvalue weighted by Gasteiger charge is -2.19. The first-order valence-corrected chi connectivity index (χ1v) is 10.5. The van der Waals surface area contributed by atoms with E-state index in [0.717, 1.165) is 15.8 Å². The molecule has 0 spiro atoms. The molecule has 0 unspecified atom stereocenters. The molecule has 0 fully saturated rings. The topological polar surface area (TPSA) is 33.2 Å². The Labute approximate surface area is 170 Å². The summed E-state index contributed by atoms with van der Waals surface area (Å²) in [6.45, 7) is 4.63. The van der Waals surface area contributed by atoms with Gasteiger partial charge in [0, 0.05) is 0 Å². The van der Waals surface area contributed by atoms with Crippen molar-refractivity contribution in [3.63, 3.8) is 0 Å². The molecule has 1 amide bonds. The first-order chi connectivity index (χ1) is 13.0. The fourth-order valence-corrected chi connectivity index (χ4v) is 4.87. The summed E-state index contributed by atoms with van der Waals surface area (Å²) in [5.74, 6) is -0.0803. The summed E-state index contributed by atoms with van der Waals surface area (Å²) in [5, 5.41) is 0.702. The number of rotatable bonds is 4. The number of hydrogen-bond donors (Lipinski definition) is 0. The molecule has 0 aliphatic rings. The molecule has 0 aliphatic carbocycles. The second kappa shape index (κ2) is 7.43. The van der Waals surface area contributed by atoms with Gasteiger partial charge in [0.25, 0.3) is 5.91 Å². The molecule has 0 bridgehead atoms. The van der Waals surface area contributed by atoms with Crippen molar-refractivity contribution in [2.24, 2.45) is 0 Å². The Bertz CT molecular complexity index is 1080. The lowest BCUT2D eigenvalue weighted by Crippen LogP contribution is -2.29. The van der Waals surface area contributed by atoms with Crippen molar-refractivity contribution < 1.29 is 4.79 Å². The monoisotopic (exact) mass is 412 g/mol. The average molecular weight is 413 g/mol. The van der Waals surface area contributed by atoms with Crippen molar-refractivity contribution in [1.82, 2.24) is 4.98 Å². The zero-order chi connectivity index (χ0) is 19.0. The van der Waals surface area contributed by atoms with E-state index < -0.39 is 0 Å². The van der Waals surface area contributed by atoms with Gasteiger partial charge in [-0.2, -0.15) is 0 Å². The van der Waals surface area contributed by atoms with Crippen LogP contribution in [0.3, 0.4) is 0 Å². The van der Waals surface area contributed by atoms with E-state index in [1.807, 2.05) is 30.3 Å². The molecule has 2 heterocycles. The number of halogens is 1. The van der Waals surface area contributed by atoms with Gasteiger partial charge in [0.2, 0.25) is 0 Å². The molecular formula is C21H17ClN2OS2. The van der Waals surface area contributed by atoms with Crippen molar-refractivity contribution in [2.45, 2.75) is 20.4 Å². The highest BCUT2D eigenvalue weighted by Crippen LogP contribution is 2.33. The minimum absolute atomic E-state index is 0.0803. The number of nitrogens with zero attached hydrogens (tertiary/aromatic N) is 2. The molecule has 0 saturated heterocycles. The zero-order valence-corrected chi connectivity index (χ0v) is 17.3. The van der Waals surface area contributed by atoms with Gasteiger partial charge in [-0.3, -0.25) is 9.69 Å². The molecule has 0 saturated carbocycles. The molecule has 3 nitrogen and oxygen atoms in total. The van der Waals surface area contributed by atoms with Crippen molar-refractivity contribution in [3.05, 3.63) is 80.5 Å². The minimum atomic E-state index is -0.0803. The van der Waals surface area contributed by atoms with Crippen LogP contribution >= 0.6 is 34.3 Å². The van der Waals surface area contributed by atoms with Crippen LogP contribution < -0.4 is 4.90 Å². The Morgan fingerprint density at radius 1 is 1.04 bits per heavy atom. The Kier molecular flexibility index (Phi) is 5.00. The van der Waals surface area contributed by atoms with Gasteiger partial charge in [0.1, 0.15) is 0 Å². The minimum Gasteiger partial charge on any atom is -0.279 e. The van der Waals surface area contributed by atoms with E-state index in [0.29, 0.717) is 20.9 Å². The second-order valence-corrected chi connectivity index (χ2v) is 9.11. The molecule has 4 aromatic rings. The molecule has 0 N–H and O–H groups in total. The first-order valence-electron chi connectivity index (χ1n) is 8.50. The molecule has 27 heavy (non-hydrogen) atoms. The standard InChI is InChI=1S/C21H17ClN2OS2/c1-13-10-16-18(11-14(13)2)27-21(23-16)24(12-15-6-4-3-5-7-15)20(25)17-8-9-19(22)26-17/h3-11H,12H2,1-2H3. The first kappa shape index (κ1) is 18.2. The normalized spacial score (nSPS) is 11.1. The predicted octanol–water partition coefficient (Wildman–Crippen LogP) is 6.48. The van der Waals surface area contributed by atoms with E-state index in [9.17, 15) is 4.79 Å². The number of aryl methyl sites for hydroxylation is 2. The van der Waals surface area contributed by atoms with E-state index in [1.54, 1.807) is 28.4 Å². The number of amides is 1. The highest BCUT2D eigenvalue weighted by molar-refractivity contribution is 7.22. The molecule has 0 aliphatic heterocycles. The molecule has 2 aromatic heterocycles. The Balaban J connectivity index is 1.78. The highest BCUT2D eigenvalue weighted by atomic mass is 35.5. The number of anilines is 1. The number of hydrogen-bond acceptors (Lipinski definition) is 4. The van der Waals surface area contributed by atoms with E-state index in [4.69, 9.17) is 16.6 Å². The van der Waals surface area contributed by atoms with E-state index in [2.05, 4.69) is 26.0 Å². The third-order valence-electron chi connectivity index (χ3n) is 4.44. The lowest BCUT2D eigenvalue weighted by atomic mass is 10.1. The Morgan fingerprint density at radius 3 is 2.48 bits per heavy atom. The number of thiazole rings is 1. The van der Waals surface area contributed by atoms with Gasteiger partial charge >= 0.3 is 0 Å². The molecule has 4 rings (SSSR count). The molecule has 0 radical (unpaired) electrons. The maximum Gasteiger partial charge on any atom is 0.270 e. The van der Waals surface area contributed by atoms with E-state index in [-0.39, 0.29) is 5.91 Å². The van der Waals surface area contributed by atoms with Crippen LogP contribution in [-0.2, 0) is 6.54 Å². The Morgan fingerprint density at radius 2 is 1.78 bits per heavy atom. The maximum absolute atomic E-state index is 13.2. The van der Waals surface area contributed by atoms with Gasteiger partial charge in [0.05, 0.1) is 26.0 Å². The highest BCUT2D eigenvalue weighted by Gasteiger charge is 2.23. The Hall–Kier alpha value is -2.21. The SMILES string of the molecule is Cc1cc2nc(N(Cc3ccccc3)C(=O)c3ccc(Cl)s3)sc2cc1C. The van der Waals surface area contributed by atoms with E-state index >= 15 is 0 Å². The summed E-state index contributed by atoms with van der Waals surface area (Å²) in [5.41, 5.74) is 4.40. The summed E-state index contributed by atoms with van der Waals surface area (Å²) in [6, 6.07) is 17.7. The largest absolute Gasteiger partial charge is 0.279 e. The smallest absolute Gasteiger partial charge is 0.270 e. The third-order valence-corrected chi connectivity index (χ3v) is 6.70. The van der Waals surface area contributed by atoms with Crippen molar-refractivity contribution in [3.8, 4) is 0 Å². The van der Waals surface area contributed by atoms with Crippen LogP contribution in [0.15, 0.2) is 54.6 Å². The second-order valence-electron chi connectivity index (χ2n) is 6.38. The van der Waals surface area contributed by atoms with Crippen LogP contribution in [-0.4, -0.2) is 10.9 Å². The van der Waals surface area contributed by atoms with Crippen LogP contribution in [0.4, 0.5) is 5.13 Å². The van der Waals surface area contributed by atoms with Crippen LogP contribution in [0.1, 0.15) is 26.4 Å². The fourth-order valence-electron chi connectivity index (χ4n) is 2.84. The summed E-state index contributed by atoms with van der Waals surface area (Å²) < 4.78 is 1.69. The summed E-state index contributed by atoms with van der Waals surface area (Å²) >= 11 is 8.88.